The van der Waals surface area contributed by atoms with Gasteiger partial charge in [-0.05, 0) is 51.3 Å². The van der Waals surface area contributed by atoms with E-state index in [2.05, 4.69) is 35.3 Å². The van der Waals surface area contributed by atoms with E-state index in [9.17, 15) is 5.11 Å². The molecule has 3 rings (SSSR count). The Morgan fingerprint density at radius 1 is 1.26 bits per heavy atom. The molecule has 104 valence electrons. The van der Waals surface area contributed by atoms with Gasteiger partial charge in [0.1, 0.15) is 0 Å². The first-order valence-corrected chi connectivity index (χ1v) is 7.39. The number of benzene rings is 1. The summed E-state index contributed by atoms with van der Waals surface area (Å²) in [5, 5.41) is 13.2. The van der Waals surface area contributed by atoms with Crippen molar-refractivity contribution in [3.8, 4) is 0 Å². The quantitative estimate of drug-likeness (QED) is 0.874. The van der Waals surface area contributed by atoms with Gasteiger partial charge < -0.3 is 15.3 Å². The van der Waals surface area contributed by atoms with E-state index in [1.165, 1.54) is 29.7 Å². The molecule has 3 nitrogen and oxygen atoms in total. The van der Waals surface area contributed by atoms with E-state index in [-0.39, 0.29) is 6.10 Å². The van der Waals surface area contributed by atoms with Crippen LogP contribution in [0.4, 0.5) is 5.69 Å². The first-order valence-electron chi connectivity index (χ1n) is 7.39. The Balaban J connectivity index is 1.94. The van der Waals surface area contributed by atoms with Gasteiger partial charge in [0, 0.05) is 24.3 Å². The van der Waals surface area contributed by atoms with Gasteiger partial charge in [-0.3, -0.25) is 0 Å². The van der Waals surface area contributed by atoms with Gasteiger partial charge in [0.15, 0.2) is 0 Å². The second-order valence-electron chi connectivity index (χ2n) is 6.08. The number of anilines is 1. The van der Waals surface area contributed by atoms with Crippen LogP contribution in [0.2, 0.25) is 0 Å². The van der Waals surface area contributed by atoms with Gasteiger partial charge in [-0.15, -0.1) is 0 Å². The smallest absolute Gasteiger partial charge is 0.0579 e. The number of nitrogens with one attached hydrogen (secondary N) is 1. The van der Waals surface area contributed by atoms with Crippen molar-refractivity contribution >= 4 is 5.69 Å². The Hall–Kier alpha value is -1.06. The molecule has 2 unspecified atom stereocenters. The summed E-state index contributed by atoms with van der Waals surface area (Å²) >= 11 is 0. The molecule has 2 heterocycles. The minimum absolute atomic E-state index is 0.0908. The first-order chi connectivity index (χ1) is 9.19. The molecule has 2 saturated heterocycles. The maximum Gasteiger partial charge on any atom is 0.0579 e. The zero-order chi connectivity index (χ0) is 13.4. The van der Waals surface area contributed by atoms with Gasteiger partial charge in [-0.2, -0.15) is 0 Å². The van der Waals surface area contributed by atoms with Gasteiger partial charge in [-0.25, -0.2) is 0 Å². The number of aryl methyl sites for hydroxylation is 1. The van der Waals surface area contributed by atoms with Gasteiger partial charge in [0.25, 0.3) is 0 Å². The molecule has 2 aliphatic heterocycles. The molecule has 2 N–H and O–H groups in total. The van der Waals surface area contributed by atoms with Gasteiger partial charge in [0.05, 0.1) is 6.10 Å². The number of hydrogen-bond acceptors (Lipinski definition) is 3. The number of rotatable bonds is 3. The molecule has 1 aromatic rings. The fourth-order valence-corrected chi connectivity index (χ4v) is 3.84. The SMILES string of the molecule is CNCc1cc(C)ccc1N1C2CCC1CC(O)C2. The van der Waals surface area contributed by atoms with Gasteiger partial charge in [-0.1, -0.05) is 17.7 Å². The molecule has 0 aromatic heterocycles. The number of nitrogens with zero attached hydrogens (tertiary/aromatic N) is 1. The maximum atomic E-state index is 9.93. The van der Waals surface area contributed by atoms with E-state index < -0.39 is 0 Å². The van der Waals surface area contributed by atoms with Crippen LogP contribution in [0.3, 0.4) is 0 Å². The maximum absolute atomic E-state index is 9.93. The minimum atomic E-state index is -0.0908. The number of aliphatic hydroxyl groups excluding tert-OH is 1. The normalized spacial score (nSPS) is 29.8. The van der Waals surface area contributed by atoms with Crippen LogP contribution >= 0.6 is 0 Å². The number of aliphatic hydroxyl groups is 1. The minimum Gasteiger partial charge on any atom is -0.393 e. The van der Waals surface area contributed by atoms with Crippen molar-refractivity contribution in [3.63, 3.8) is 0 Å². The predicted octanol–water partition coefficient (Wildman–Crippen LogP) is 2.21. The number of piperidine rings is 1. The Morgan fingerprint density at radius 3 is 2.58 bits per heavy atom. The second kappa shape index (κ2) is 5.14. The highest BCUT2D eigenvalue weighted by Gasteiger charge is 2.40. The Morgan fingerprint density at radius 2 is 1.95 bits per heavy atom. The lowest BCUT2D eigenvalue weighted by atomic mass is 9.97. The molecule has 1 aromatic carbocycles. The zero-order valence-corrected chi connectivity index (χ0v) is 11.9. The van der Waals surface area contributed by atoms with Crippen LogP contribution in [0, 0.1) is 6.92 Å². The third-order valence-electron chi connectivity index (χ3n) is 4.59. The highest BCUT2D eigenvalue weighted by molar-refractivity contribution is 5.58. The molecular formula is C16H24N2O. The average molecular weight is 260 g/mol. The molecule has 0 aliphatic carbocycles. The summed E-state index contributed by atoms with van der Waals surface area (Å²) in [6.07, 6.45) is 4.24. The lowest BCUT2D eigenvalue weighted by Gasteiger charge is -2.40. The summed E-state index contributed by atoms with van der Waals surface area (Å²) in [5.41, 5.74) is 4.08. The molecule has 2 bridgehead atoms. The van der Waals surface area contributed by atoms with Gasteiger partial charge >= 0.3 is 0 Å². The fraction of sp³-hybridized carbons (Fsp3) is 0.625. The van der Waals surface area contributed by atoms with Crippen molar-refractivity contribution in [2.24, 2.45) is 0 Å². The van der Waals surface area contributed by atoms with Crippen molar-refractivity contribution in [1.29, 1.82) is 0 Å². The summed E-state index contributed by atoms with van der Waals surface area (Å²) in [7, 11) is 2.00. The Kier molecular flexibility index (Phi) is 3.50. The molecule has 0 spiro atoms. The molecule has 2 fully saturated rings. The topological polar surface area (TPSA) is 35.5 Å². The summed E-state index contributed by atoms with van der Waals surface area (Å²) in [5.74, 6) is 0. The van der Waals surface area contributed by atoms with Crippen LogP contribution < -0.4 is 10.2 Å². The molecule has 0 amide bonds. The van der Waals surface area contributed by atoms with Crippen molar-refractivity contribution < 1.29 is 5.11 Å². The monoisotopic (exact) mass is 260 g/mol. The van der Waals surface area contributed by atoms with Gasteiger partial charge in [0.2, 0.25) is 0 Å². The molecule has 2 aliphatic rings. The molecular weight excluding hydrogens is 236 g/mol. The fourth-order valence-electron chi connectivity index (χ4n) is 3.84. The lowest BCUT2D eigenvalue weighted by Crippen LogP contribution is -2.45. The highest BCUT2D eigenvalue weighted by atomic mass is 16.3. The summed E-state index contributed by atoms with van der Waals surface area (Å²) in [6, 6.07) is 7.83. The average Bonchev–Trinajstić information content (AvgIpc) is 2.63. The standard InChI is InChI=1S/C16H24N2O/c1-11-3-6-16(12(7-11)10-17-2)18-13-4-5-14(18)9-15(19)8-13/h3,6-7,13-15,17,19H,4-5,8-10H2,1-2H3. The molecule has 0 radical (unpaired) electrons. The molecule has 3 heteroatoms. The van der Waals surface area contributed by atoms with Crippen LogP contribution in [0.15, 0.2) is 18.2 Å². The van der Waals surface area contributed by atoms with E-state index in [4.69, 9.17) is 0 Å². The number of fused-ring (bicyclic) bond motifs is 2. The molecule has 19 heavy (non-hydrogen) atoms. The van der Waals surface area contributed by atoms with Crippen LogP contribution in [0.25, 0.3) is 0 Å². The molecule has 2 atom stereocenters. The van der Waals surface area contributed by atoms with Crippen molar-refractivity contribution in [2.75, 3.05) is 11.9 Å². The van der Waals surface area contributed by atoms with E-state index in [0.29, 0.717) is 12.1 Å². The third kappa shape index (κ3) is 2.37. The van der Waals surface area contributed by atoms with E-state index >= 15 is 0 Å². The Labute approximate surface area is 115 Å². The van der Waals surface area contributed by atoms with Crippen molar-refractivity contribution in [3.05, 3.63) is 29.3 Å². The lowest BCUT2D eigenvalue weighted by molar-refractivity contribution is 0.126. The highest BCUT2D eigenvalue weighted by Crippen LogP contribution is 2.40. The van der Waals surface area contributed by atoms with Crippen molar-refractivity contribution in [2.45, 2.75) is 57.3 Å². The molecule has 0 saturated carbocycles. The summed E-state index contributed by atoms with van der Waals surface area (Å²) in [6.45, 7) is 3.06. The summed E-state index contributed by atoms with van der Waals surface area (Å²) in [4.78, 5) is 2.58. The van der Waals surface area contributed by atoms with Crippen LogP contribution in [0.1, 0.15) is 36.8 Å². The number of hydrogen-bond donors (Lipinski definition) is 2. The second-order valence-corrected chi connectivity index (χ2v) is 6.08. The van der Waals surface area contributed by atoms with E-state index in [1.54, 1.807) is 0 Å². The van der Waals surface area contributed by atoms with E-state index in [1.807, 2.05) is 7.05 Å². The zero-order valence-electron chi connectivity index (χ0n) is 11.9. The van der Waals surface area contributed by atoms with Crippen molar-refractivity contribution in [1.82, 2.24) is 5.32 Å². The third-order valence-corrected chi connectivity index (χ3v) is 4.59. The predicted molar refractivity (Wildman–Crippen MR) is 78.5 cm³/mol. The largest absolute Gasteiger partial charge is 0.393 e. The first kappa shape index (κ1) is 12.9. The van der Waals surface area contributed by atoms with Crippen LogP contribution in [0.5, 0.6) is 0 Å². The van der Waals surface area contributed by atoms with E-state index in [0.717, 1.165) is 19.4 Å². The van der Waals surface area contributed by atoms with Crippen LogP contribution in [-0.4, -0.2) is 30.3 Å². The summed E-state index contributed by atoms with van der Waals surface area (Å²) < 4.78 is 0. The van der Waals surface area contributed by atoms with Crippen LogP contribution in [-0.2, 0) is 6.54 Å². The Bertz CT molecular complexity index is 446.